The molecule has 0 saturated carbocycles. The van der Waals surface area contributed by atoms with Crippen LogP contribution in [0.2, 0.25) is 0 Å². The maximum atomic E-state index is 13.1. The summed E-state index contributed by atoms with van der Waals surface area (Å²) in [6.45, 7) is 12.0. The molecule has 624 valence electrons. The van der Waals surface area contributed by atoms with Crippen LogP contribution in [-0.4, -0.2) is 96.7 Å². The lowest BCUT2D eigenvalue weighted by atomic mass is 9.99. The number of rotatable bonds is 84. The van der Waals surface area contributed by atoms with Gasteiger partial charge in [-0.3, -0.25) is 37.3 Å². The Balaban J connectivity index is 5.20. The van der Waals surface area contributed by atoms with E-state index < -0.39 is 97.5 Å². The summed E-state index contributed by atoms with van der Waals surface area (Å²) in [5.74, 6) is 0.319. The van der Waals surface area contributed by atoms with Crippen LogP contribution in [0.25, 0.3) is 0 Å². The van der Waals surface area contributed by atoms with Gasteiger partial charge in [-0.2, -0.15) is 0 Å². The molecule has 0 rings (SSSR count). The Bertz CT molecular complexity index is 2030. The lowest BCUT2D eigenvalue weighted by Gasteiger charge is -2.21. The molecule has 0 aromatic heterocycles. The SMILES string of the molecule is CCCCCCCCCCCCCCC(=O)O[C@H](COC(=O)CCCCCCCCC(C)CC)COP(=O)(O)OC[C@H](O)COP(=O)(O)OC[C@@H](COC(=O)CCCCCCCCCCCCCCCCCCCCC(C)C)OC(=O)CCCCCCCCCCCCCCCCCCCCC(C)CC. The van der Waals surface area contributed by atoms with Gasteiger partial charge in [-0.15, -0.1) is 0 Å². The van der Waals surface area contributed by atoms with Crippen LogP contribution in [0.3, 0.4) is 0 Å². The van der Waals surface area contributed by atoms with Gasteiger partial charge in [-0.05, 0) is 43.4 Å². The van der Waals surface area contributed by atoms with Crippen LogP contribution in [0, 0.1) is 17.8 Å². The zero-order chi connectivity index (χ0) is 77.2. The van der Waals surface area contributed by atoms with Crippen LogP contribution >= 0.6 is 15.6 Å². The van der Waals surface area contributed by atoms with Gasteiger partial charge in [0.15, 0.2) is 12.2 Å². The van der Waals surface area contributed by atoms with Gasteiger partial charge < -0.3 is 33.8 Å². The van der Waals surface area contributed by atoms with Crippen molar-refractivity contribution in [2.75, 3.05) is 39.6 Å². The minimum Gasteiger partial charge on any atom is -0.462 e. The number of esters is 4. The summed E-state index contributed by atoms with van der Waals surface area (Å²) in [4.78, 5) is 73.1. The van der Waals surface area contributed by atoms with Crippen molar-refractivity contribution in [3.05, 3.63) is 0 Å². The van der Waals surface area contributed by atoms with Crippen molar-refractivity contribution < 1.29 is 80.2 Å². The Morgan fingerprint density at radius 1 is 0.276 bits per heavy atom. The van der Waals surface area contributed by atoms with Crippen LogP contribution in [0.4, 0.5) is 0 Å². The average molecular weight is 1540 g/mol. The van der Waals surface area contributed by atoms with Crippen molar-refractivity contribution >= 4 is 39.5 Å². The Kier molecular flexibility index (Phi) is 74.7. The molecule has 0 radical (unpaired) electrons. The third kappa shape index (κ3) is 77.2. The second kappa shape index (κ2) is 76.1. The maximum absolute atomic E-state index is 13.1. The van der Waals surface area contributed by atoms with Crippen LogP contribution in [0.15, 0.2) is 0 Å². The standard InChI is InChI=1S/C86H168O17P2/c1-8-11-12-13-14-15-16-35-41-46-55-62-69-85(90)103-82(74-97-84(89)68-61-54-49-48-52-59-66-79(7)10-3)76-101-105(94,95)99-72-80(87)71-98-104(92,93)100-75-81(73-96-83(88)67-60-53-45-40-36-31-27-23-19-17-21-25-29-33-38-43-50-57-64-77(4)5)102-86(91)70-63-56-47-42-37-32-28-24-20-18-22-26-30-34-39-44-51-58-65-78(6)9-2/h77-82,87H,8-76H2,1-7H3,(H,92,93)(H,94,95)/t78?,79?,80-,81-,82-/m1/s1. The molecule has 105 heavy (non-hydrogen) atoms. The van der Waals surface area contributed by atoms with E-state index in [1.54, 1.807) is 0 Å². The quantitative estimate of drug-likeness (QED) is 0.0222. The molecular weight excluding hydrogens is 1370 g/mol. The van der Waals surface area contributed by atoms with Crippen molar-refractivity contribution in [2.24, 2.45) is 17.8 Å². The van der Waals surface area contributed by atoms with Crippen molar-refractivity contribution in [1.82, 2.24) is 0 Å². The highest BCUT2D eigenvalue weighted by molar-refractivity contribution is 7.47. The number of hydrogen-bond donors (Lipinski definition) is 3. The summed E-state index contributed by atoms with van der Waals surface area (Å²) in [5, 5.41) is 10.7. The number of aliphatic hydroxyl groups is 1. The van der Waals surface area contributed by atoms with Gasteiger partial charge in [0.1, 0.15) is 19.3 Å². The molecule has 0 aliphatic carbocycles. The number of phosphoric ester groups is 2. The highest BCUT2D eigenvalue weighted by Gasteiger charge is 2.30. The van der Waals surface area contributed by atoms with E-state index in [9.17, 15) is 43.2 Å². The maximum Gasteiger partial charge on any atom is 0.472 e. The first-order valence-electron chi connectivity index (χ1n) is 44.4. The molecule has 0 fully saturated rings. The zero-order valence-corrected chi connectivity index (χ0v) is 71.0. The molecular formula is C86H168O17P2. The number of hydrogen-bond acceptors (Lipinski definition) is 15. The lowest BCUT2D eigenvalue weighted by molar-refractivity contribution is -0.161. The van der Waals surface area contributed by atoms with Crippen LogP contribution in [-0.2, 0) is 65.4 Å². The normalized spacial score (nSPS) is 14.4. The number of ether oxygens (including phenoxy) is 4. The highest BCUT2D eigenvalue weighted by Crippen LogP contribution is 2.45. The van der Waals surface area contributed by atoms with E-state index in [0.29, 0.717) is 25.7 Å². The third-order valence-corrected chi connectivity index (χ3v) is 22.8. The fraction of sp³-hybridized carbons (Fsp3) is 0.953. The molecule has 0 spiro atoms. The topological polar surface area (TPSA) is 237 Å². The van der Waals surface area contributed by atoms with Gasteiger partial charge >= 0.3 is 39.5 Å². The third-order valence-electron chi connectivity index (χ3n) is 20.9. The molecule has 0 amide bonds. The fourth-order valence-electron chi connectivity index (χ4n) is 13.3. The smallest absolute Gasteiger partial charge is 0.462 e. The summed E-state index contributed by atoms with van der Waals surface area (Å²) in [6.07, 6.45) is 66.7. The number of unbranched alkanes of at least 4 members (excludes halogenated alkanes) is 50. The largest absolute Gasteiger partial charge is 0.472 e. The average Bonchev–Trinajstić information content (AvgIpc) is 0.918. The summed E-state index contributed by atoms with van der Waals surface area (Å²) >= 11 is 0. The van der Waals surface area contributed by atoms with Crippen molar-refractivity contribution in [3.63, 3.8) is 0 Å². The Hall–Kier alpha value is -1.94. The minimum atomic E-state index is -4.97. The first kappa shape index (κ1) is 103. The predicted molar refractivity (Wildman–Crippen MR) is 432 cm³/mol. The van der Waals surface area contributed by atoms with Crippen LogP contribution in [0.5, 0.6) is 0 Å². The lowest BCUT2D eigenvalue weighted by Crippen LogP contribution is -2.30. The van der Waals surface area contributed by atoms with Gasteiger partial charge in [0.25, 0.3) is 0 Å². The Morgan fingerprint density at radius 3 is 0.724 bits per heavy atom. The monoisotopic (exact) mass is 1540 g/mol. The molecule has 0 bridgehead atoms. The van der Waals surface area contributed by atoms with Gasteiger partial charge in [0.2, 0.25) is 0 Å². The van der Waals surface area contributed by atoms with Crippen molar-refractivity contribution in [1.29, 1.82) is 0 Å². The van der Waals surface area contributed by atoms with Gasteiger partial charge in [-0.1, -0.05) is 402 Å². The summed E-state index contributed by atoms with van der Waals surface area (Å²) in [6, 6.07) is 0. The second-order valence-electron chi connectivity index (χ2n) is 31.9. The Morgan fingerprint density at radius 2 is 0.486 bits per heavy atom. The zero-order valence-electron chi connectivity index (χ0n) is 69.2. The van der Waals surface area contributed by atoms with Crippen LogP contribution in [0.1, 0.15) is 453 Å². The van der Waals surface area contributed by atoms with E-state index in [0.717, 1.165) is 114 Å². The molecule has 7 atom stereocenters. The Labute approximate surface area is 645 Å². The van der Waals surface area contributed by atoms with Gasteiger partial charge in [0.05, 0.1) is 26.4 Å². The molecule has 0 aromatic rings. The second-order valence-corrected chi connectivity index (χ2v) is 34.8. The minimum absolute atomic E-state index is 0.107. The molecule has 0 saturated heterocycles. The number of carbonyl (C=O) groups is 4. The van der Waals surface area contributed by atoms with E-state index in [-0.39, 0.29) is 25.7 Å². The number of carbonyl (C=O) groups excluding carboxylic acids is 4. The van der Waals surface area contributed by atoms with Crippen molar-refractivity contribution in [3.8, 4) is 0 Å². The van der Waals surface area contributed by atoms with E-state index in [1.807, 2.05) is 0 Å². The first-order valence-corrected chi connectivity index (χ1v) is 47.4. The molecule has 4 unspecified atom stereocenters. The molecule has 19 heteroatoms. The van der Waals surface area contributed by atoms with E-state index >= 15 is 0 Å². The molecule has 0 aliphatic heterocycles. The highest BCUT2D eigenvalue weighted by atomic mass is 31.2. The number of aliphatic hydroxyl groups excluding tert-OH is 1. The first-order chi connectivity index (χ1) is 50.8. The molecule has 17 nitrogen and oxygen atoms in total. The number of phosphoric acid groups is 2. The van der Waals surface area contributed by atoms with Gasteiger partial charge in [-0.25, -0.2) is 9.13 Å². The molecule has 3 N–H and O–H groups in total. The van der Waals surface area contributed by atoms with E-state index in [2.05, 4.69) is 48.5 Å². The predicted octanol–water partition coefficient (Wildman–Crippen LogP) is 26.1. The summed E-state index contributed by atoms with van der Waals surface area (Å²) in [5.41, 5.74) is 0. The summed E-state index contributed by atoms with van der Waals surface area (Å²) in [7, 11) is -9.93. The fourth-order valence-corrected chi connectivity index (χ4v) is 14.9. The molecule has 0 heterocycles. The van der Waals surface area contributed by atoms with E-state index in [4.69, 9.17) is 37.0 Å². The van der Waals surface area contributed by atoms with Gasteiger partial charge in [0, 0.05) is 25.7 Å². The van der Waals surface area contributed by atoms with Crippen LogP contribution < -0.4 is 0 Å². The molecule has 0 aliphatic rings. The summed E-state index contributed by atoms with van der Waals surface area (Å²) < 4.78 is 68.8. The van der Waals surface area contributed by atoms with E-state index in [1.165, 1.54) is 257 Å². The van der Waals surface area contributed by atoms with Crippen molar-refractivity contribution in [2.45, 2.75) is 471 Å². The molecule has 0 aromatic carbocycles.